The monoisotopic (exact) mass is 164 g/mol. The van der Waals surface area contributed by atoms with E-state index in [1.807, 2.05) is 0 Å². The van der Waals surface area contributed by atoms with Gasteiger partial charge in [-0.05, 0) is 0 Å². The van der Waals surface area contributed by atoms with Gasteiger partial charge in [0.1, 0.15) is 0 Å². The number of rotatable bonds is 2. The Morgan fingerprint density at radius 1 is 1.45 bits per heavy atom. The zero-order valence-corrected chi connectivity index (χ0v) is 6.49. The van der Waals surface area contributed by atoms with Gasteiger partial charge < -0.3 is 20.7 Å². The highest BCUT2D eigenvalue weighted by Crippen LogP contribution is 1.75. The molecule has 1 aliphatic heterocycles. The molecule has 1 fully saturated rings. The average Bonchev–Trinajstić information content (AvgIpc) is 2.60. The van der Waals surface area contributed by atoms with Gasteiger partial charge in [-0.15, -0.1) is 0 Å². The molecule has 0 saturated carbocycles. The fourth-order valence-corrected chi connectivity index (χ4v) is 0.419. The van der Waals surface area contributed by atoms with Crippen molar-refractivity contribution in [2.75, 3.05) is 33.1 Å². The van der Waals surface area contributed by atoms with Crippen molar-refractivity contribution in [2.24, 2.45) is 5.73 Å². The Morgan fingerprint density at radius 2 is 2.09 bits per heavy atom. The molecule has 0 amide bonds. The van der Waals surface area contributed by atoms with Crippen molar-refractivity contribution in [3.8, 4) is 0 Å². The summed E-state index contributed by atoms with van der Waals surface area (Å²) in [5, 5.41) is 19.1. The van der Waals surface area contributed by atoms with Crippen LogP contribution in [0, 0.1) is 0 Å². The zero-order valence-electron chi connectivity index (χ0n) is 6.49. The fourth-order valence-electron chi connectivity index (χ4n) is 0.419. The van der Waals surface area contributed by atoms with Crippen LogP contribution in [-0.4, -0.2) is 49.4 Å². The number of nitrogens with two attached hydrogens (primary N) is 1. The number of hydrogen-bond acceptors (Lipinski definition) is 5. The maximum absolute atomic E-state index is 8.05. The van der Waals surface area contributed by atoms with Crippen molar-refractivity contribution >= 4 is 0 Å². The largest absolute Gasteiger partial charge is 0.395 e. The topological polar surface area (TPSA) is 87.7 Å². The molecular weight excluding hydrogens is 148 g/mol. The van der Waals surface area contributed by atoms with Crippen LogP contribution in [0.4, 0.5) is 0 Å². The molecule has 68 valence electrons. The lowest BCUT2D eigenvalue weighted by Gasteiger charge is -1.98. The molecule has 1 aliphatic rings. The number of aliphatic hydroxyl groups excluding tert-OH is 2. The molecule has 1 rings (SSSR count). The van der Waals surface area contributed by atoms with Crippen LogP contribution in [-0.2, 0) is 4.74 Å². The first-order chi connectivity index (χ1) is 5.31. The van der Waals surface area contributed by atoms with Gasteiger partial charge >= 0.3 is 0 Å². The zero-order chi connectivity index (χ0) is 8.53. The van der Waals surface area contributed by atoms with Crippen molar-refractivity contribution in [3.63, 3.8) is 0 Å². The molecule has 0 radical (unpaired) electrons. The van der Waals surface area contributed by atoms with E-state index in [0.29, 0.717) is 0 Å². The molecule has 0 aromatic heterocycles. The first-order valence-corrected chi connectivity index (χ1v) is 3.57. The average molecular weight is 164 g/mol. The molecule has 1 saturated heterocycles. The molecule has 0 atom stereocenters. The van der Waals surface area contributed by atoms with Crippen molar-refractivity contribution < 1.29 is 14.9 Å². The van der Waals surface area contributed by atoms with E-state index in [-0.39, 0.29) is 13.2 Å². The van der Waals surface area contributed by atoms with E-state index in [1.54, 1.807) is 0 Å². The lowest BCUT2D eigenvalue weighted by atomic mass is 10.4. The summed E-state index contributed by atoms with van der Waals surface area (Å²) in [7, 11) is 0. The Bertz CT molecular complexity index is 66.6. The second-order valence-corrected chi connectivity index (χ2v) is 2.18. The van der Waals surface area contributed by atoms with Crippen LogP contribution < -0.4 is 11.1 Å². The molecule has 0 unspecified atom stereocenters. The Balaban J connectivity index is 0.000000183. The van der Waals surface area contributed by atoms with Crippen molar-refractivity contribution in [3.05, 3.63) is 0 Å². The smallest absolute Gasteiger partial charge is 0.0966 e. The van der Waals surface area contributed by atoms with Gasteiger partial charge in [-0.1, -0.05) is 0 Å². The number of aliphatic hydroxyl groups is 2. The van der Waals surface area contributed by atoms with E-state index in [4.69, 9.17) is 20.7 Å². The van der Waals surface area contributed by atoms with Gasteiger partial charge in [0.05, 0.1) is 32.6 Å². The Morgan fingerprint density at radius 3 is 2.18 bits per heavy atom. The van der Waals surface area contributed by atoms with Gasteiger partial charge in [-0.3, -0.25) is 5.32 Å². The van der Waals surface area contributed by atoms with Gasteiger partial charge in [0.15, 0.2) is 0 Å². The summed E-state index contributed by atoms with van der Waals surface area (Å²) in [6.07, 6.45) is 0. The van der Waals surface area contributed by atoms with Gasteiger partial charge in [0, 0.05) is 6.54 Å². The number of ether oxygens (including phenoxy) is 1. The first kappa shape index (κ1) is 10.8. The van der Waals surface area contributed by atoms with Gasteiger partial charge in [0.2, 0.25) is 0 Å². The number of hydrogen-bond donors (Lipinski definition) is 4. The minimum absolute atomic E-state index is 0.142. The summed E-state index contributed by atoms with van der Waals surface area (Å²) in [6.45, 7) is 2.38. The third-order valence-electron chi connectivity index (χ3n) is 1.10. The van der Waals surface area contributed by atoms with Crippen LogP contribution in [0.15, 0.2) is 0 Å². The summed E-state index contributed by atoms with van der Waals surface area (Å²) in [5.41, 5.74) is 4.97. The minimum atomic E-state index is -0.454. The molecule has 1 heterocycles. The van der Waals surface area contributed by atoms with E-state index in [0.717, 1.165) is 19.9 Å². The van der Waals surface area contributed by atoms with Gasteiger partial charge in [-0.25, -0.2) is 0 Å². The van der Waals surface area contributed by atoms with Gasteiger partial charge in [-0.2, -0.15) is 0 Å². The first-order valence-electron chi connectivity index (χ1n) is 3.57. The normalized spacial score (nSPS) is 16.4. The lowest BCUT2D eigenvalue weighted by Crippen LogP contribution is -2.27. The molecule has 11 heavy (non-hydrogen) atoms. The molecule has 0 aliphatic carbocycles. The molecule has 0 aromatic rings. The van der Waals surface area contributed by atoms with Crippen molar-refractivity contribution in [2.45, 2.75) is 6.04 Å². The summed E-state index contributed by atoms with van der Waals surface area (Å²) in [4.78, 5) is 0. The Labute approximate surface area is 66.2 Å². The SMILES string of the molecule is C1COCN1.NC(CO)CO. The van der Waals surface area contributed by atoms with E-state index in [1.165, 1.54) is 0 Å². The molecule has 0 spiro atoms. The summed E-state index contributed by atoms with van der Waals surface area (Å²) in [5.74, 6) is 0. The third kappa shape index (κ3) is 7.70. The van der Waals surface area contributed by atoms with E-state index < -0.39 is 6.04 Å². The lowest BCUT2D eigenvalue weighted by molar-refractivity contribution is 0.194. The van der Waals surface area contributed by atoms with Crippen LogP contribution in [0.3, 0.4) is 0 Å². The number of nitrogens with one attached hydrogen (secondary N) is 1. The van der Waals surface area contributed by atoms with Crippen molar-refractivity contribution in [1.82, 2.24) is 5.32 Å². The summed E-state index contributed by atoms with van der Waals surface area (Å²) >= 11 is 0. The molecule has 0 aromatic carbocycles. The molecule has 5 nitrogen and oxygen atoms in total. The maximum atomic E-state index is 8.05. The molecule has 0 bridgehead atoms. The predicted molar refractivity (Wildman–Crippen MR) is 41.0 cm³/mol. The van der Waals surface area contributed by atoms with Gasteiger partial charge in [0.25, 0.3) is 0 Å². The van der Waals surface area contributed by atoms with Crippen LogP contribution in [0.2, 0.25) is 0 Å². The third-order valence-corrected chi connectivity index (χ3v) is 1.10. The highest BCUT2D eigenvalue weighted by molar-refractivity contribution is 4.52. The van der Waals surface area contributed by atoms with Crippen LogP contribution in [0.1, 0.15) is 0 Å². The highest BCUT2D eigenvalue weighted by atomic mass is 16.5. The van der Waals surface area contributed by atoms with Crippen molar-refractivity contribution in [1.29, 1.82) is 0 Å². The quantitative estimate of drug-likeness (QED) is 0.374. The molecule has 5 N–H and O–H groups in total. The van der Waals surface area contributed by atoms with Crippen LogP contribution in [0.25, 0.3) is 0 Å². The Kier molecular flexibility index (Phi) is 7.76. The molecular formula is C6H16N2O3. The second-order valence-electron chi connectivity index (χ2n) is 2.18. The predicted octanol–water partition coefficient (Wildman–Crippen LogP) is -2.14. The fraction of sp³-hybridized carbons (Fsp3) is 1.00. The van der Waals surface area contributed by atoms with E-state index >= 15 is 0 Å². The molecule has 5 heteroatoms. The van der Waals surface area contributed by atoms with Crippen LogP contribution in [0.5, 0.6) is 0 Å². The van der Waals surface area contributed by atoms with Crippen LogP contribution >= 0.6 is 0 Å². The van der Waals surface area contributed by atoms with E-state index in [9.17, 15) is 0 Å². The summed E-state index contributed by atoms with van der Waals surface area (Å²) < 4.78 is 4.83. The Hall–Kier alpha value is -0.200. The highest BCUT2D eigenvalue weighted by Gasteiger charge is 1.92. The minimum Gasteiger partial charge on any atom is -0.395 e. The standard InChI is InChI=1S/C3H9NO2.C3H7NO/c4-3(1-5)2-6;1-2-5-3-4-1/h3,5-6H,1-2,4H2;4H,1-3H2. The second kappa shape index (κ2) is 7.90. The summed E-state index contributed by atoms with van der Waals surface area (Å²) in [6, 6.07) is -0.454. The van der Waals surface area contributed by atoms with E-state index in [2.05, 4.69) is 5.32 Å². The maximum Gasteiger partial charge on any atom is 0.0966 e.